The maximum atomic E-state index is 5.70. The number of hydrogen-bond donors (Lipinski definition) is 2. The molecule has 0 saturated heterocycles. The highest BCUT2D eigenvalue weighted by Gasteiger charge is 2.13. The zero-order chi connectivity index (χ0) is 13.9. The largest absolute Gasteiger partial charge is 0.271 e. The van der Waals surface area contributed by atoms with Crippen LogP contribution in [-0.2, 0) is 13.5 Å². The Morgan fingerprint density at radius 1 is 1.20 bits per heavy atom. The SMILES string of the molecule is Cn1cc(CC(NN)c2ccc3ccccc3c2)nn1. The van der Waals surface area contributed by atoms with Gasteiger partial charge in [0.05, 0.1) is 11.7 Å². The molecule has 0 fully saturated rings. The minimum atomic E-state index is 0.0244. The molecule has 0 aliphatic heterocycles. The molecule has 3 rings (SSSR count). The highest BCUT2D eigenvalue weighted by Crippen LogP contribution is 2.22. The molecule has 1 heterocycles. The van der Waals surface area contributed by atoms with Crippen molar-refractivity contribution in [3.05, 3.63) is 59.9 Å². The molecule has 1 unspecified atom stereocenters. The lowest BCUT2D eigenvalue weighted by Gasteiger charge is -2.15. The van der Waals surface area contributed by atoms with Crippen LogP contribution in [0.4, 0.5) is 0 Å². The Labute approximate surface area is 117 Å². The molecule has 5 nitrogen and oxygen atoms in total. The molecular formula is C15H17N5. The molecule has 20 heavy (non-hydrogen) atoms. The van der Waals surface area contributed by atoms with Gasteiger partial charge in [0.2, 0.25) is 0 Å². The van der Waals surface area contributed by atoms with Crippen LogP contribution in [0.1, 0.15) is 17.3 Å². The maximum absolute atomic E-state index is 5.70. The van der Waals surface area contributed by atoms with E-state index in [1.54, 1.807) is 4.68 Å². The summed E-state index contributed by atoms with van der Waals surface area (Å²) in [5.74, 6) is 5.70. The molecule has 2 aromatic carbocycles. The molecule has 0 amide bonds. The van der Waals surface area contributed by atoms with Gasteiger partial charge in [0.1, 0.15) is 0 Å². The van der Waals surface area contributed by atoms with E-state index in [1.165, 1.54) is 10.8 Å². The van der Waals surface area contributed by atoms with E-state index >= 15 is 0 Å². The molecule has 0 saturated carbocycles. The molecule has 0 radical (unpaired) electrons. The predicted octanol–water partition coefficient (Wildman–Crippen LogP) is 1.72. The average Bonchev–Trinajstić information content (AvgIpc) is 2.89. The summed E-state index contributed by atoms with van der Waals surface area (Å²) in [5.41, 5.74) is 4.93. The first-order valence-corrected chi connectivity index (χ1v) is 6.56. The van der Waals surface area contributed by atoms with Crippen molar-refractivity contribution < 1.29 is 0 Å². The number of benzene rings is 2. The van der Waals surface area contributed by atoms with Gasteiger partial charge in [-0.3, -0.25) is 16.0 Å². The van der Waals surface area contributed by atoms with Crippen LogP contribution in [0.15, 0.2) is 48.7 Å². The second-order valence-corrected chi connectivity index (χ2v) is 4.91. The Balaban J connectivity index is 1.90. The lowest BCUT2D eigenvalue weighted by Crippen LogP contribution is -2.29. The van der Waals surface area contributed by atoms with Gasteiger partial charge >= 0.3 is 0 Å². The van der Waals surface area contributed by atoms with Gasteiger partial charge in [-0.15, -0.1) is 5.10 Å². The predicted molar refractivity (Wildman–Crippen MR) is 78.7 cm³/mol. The lowest BCUT2D eigenvalue weighted by molar-refractivity contribution is 0.546. The fourth-order valence-corrected chi connectivity index (χ4v) is 2.40. The summed E-state index contributed by atoms with van der Waals surface area (Å²) in [4.78, 5) is 0. The zero-order valence-corrected chi connectivity index (χ0v) is 11.3. The Kier molecular flexibility index (Phi) is 3.45. The smallest absolute Gasteiger partial charge is 0.0846 e. The highest BCUT2D eigenvalue weighted by molar-refractivity contribution is 5.83. The first-order chi connectivity index (χ1) is 9.76. The standard InChI is InChI=1S/C15H17N5/c1-20-10-14(18-19-20)9-15(17-16)13-7-6-11-4-2-3-5-12(11)8-13/h2-8,10,15,17H,9,16H2,1H3. The van der Waals surface area contributed by atoms with E-state index in [4.69, 9.17) is 5.84 Å². The summed E-state index contributed by atoms with van der Waals surface area (Å²) < 4.78 is 1.70. The monoisotopic (exact) mass is 267 g/mol. The number of hydrazine groups is 1. The summed E-state index contributed by atoms with van der Waals surface area (Å²) in [6.45, 7) is 0. The van der Waals surface area contributed by atoms with Crippen molar-refractivity contribution >= 4 is 10.8 Å². The van der Waals surface area contributed by atoms with Gasteiger partial charge in [-0.05, 0) is 22.4 Å². The summed E-state index contributed by atoms with van der Waals surface area (Å²) in [6.07, 6.45) is 2.62. The van der Waals surface area contributed by atoms with E-state index in [0.29, 0.717) is 6.42 Å². The van der Waals surface area contributed by atoms with Crippen molar-refractivity contribution in [1.82, 2.24) is 20.4 Å². The number of aromatic nitrogens is 3. The molecular weight excluding hydrogens is 250 g/mol. The van der Waals surface area contributed by atoms with Crippen molar-refractivity contribution in [3.63, 3.8) is 0 Å². The van der Waals surface area contributed by atoms with Crippen molar-refractivity contribution in [2.75, 3.05) is 0 Å². The summed E-state index contributed by atoms with van der Waals surface area (Å²) >= 11 is 0. The van der Waals surface area contributed by atoms with Crippen LogP contribution in [0, 0.1) is 0 Å². The fourth-order valence-electron chi connectivity index (χ4n) is 2.40. The van der Waals surface area contributed by atoms with Crippen LogP contribution >= 0.6 is 0 Å². The Bertz CT molecular complexity index is 719. The third-order valence-electron chi connectivity index (χ3n) is 3.44. The van der Waals surface area contributed by atoms with Crippen molar-refractivity contribution in [3.8, 4) is 0 Å². The van der Waals surface area contributed by atoms with Crippen LogP contribution in [0.5, 0.6) is 0 Å². The topological polar surface area (TPSA) is 68.8 Å². The summed E-state index contributed by atoms with van der Waals surface area (Å²) in [5, 5.41) is 10.5. The first-order valence-electron chi connectivity index (χ1n) is 6.56. The second-order valence-electron chi connectivity index (χ2n) is 4.91. The molecule has 0 spiro atoms. The van der Waals surface area contributed by atoms with E-state index in [9.17, 15) is 0 Å². The van der Waals surface area contributed by atoms with Crippen LogP contribution in [-0.4, -0.2) is 15.0 Å². The third kappa shape index (κ3) is 2.54. The number of hydrogen-bond acceptors (Lipinski definition) is 4. The summed E-state index contributed by atoms with van der Waals surface area (Å²) in [7, 11) is 1.86. The number of nitrogens with two attached hydrogens (primary N) is 1. The summed E-state index contributed by atoms with van der Waals surface area (Å²) in [6, 6.07) is 14.7. The molecule has 3 N–H and O–H groups in total. The minimum absolute atomic E-state index is 0.0244. The van der Waals surface area contributed by atoms with Crippen molar-refractivity contribution in [2.24, 2.45) is 12.9 Å². The van der Waals surface area contributed by atoms with E-state index in [1.807, 2.05) is 25.4 Å². The number of fused-ring (bicyclic) bond motifs is 1. The van der Waals surface area contributed by atoms with Gasteiger partial charge in [-0.1, -0.05) is 41.6 Å². The molecule has 0 bridgehead atoms. The van der Waals surface area contributed by atoms with Crippen LogP contribution in [0.25, 0.3) is 10.8 Å². The van der Waals surface area contributed by atoms with E-state index in [-0.39, 0.29) is 6.04 Å². The Morgan fingerprint density at radius 2 is 2.00 bits per heavy atom. The van der Waals surface area contributed by atoms with Gasteiger partial charge in [0.15, 0.2) is 0 Å². The Hall–Kier alpha value is -2.24. The van der Waals surface area contributed by atoms with Crippen molar-refractivity contribution in [1.29, 1.82) is 0 Å². The maximum Gasteiger partial charge on any atom is 0.0846 e. The molecule has 3 aromatic rings. The number of nitrogens with one attached hydrogen (secondary N) is 1. The van der Waals surface area contributed by atoms with E-state index in [0.717, 1.165) is 11.3 Å². The van der Waals surface area contributed by atoms with Crippen LogP contribution in [0.2, 0.25) is 0 Å². The second kappa shape index (κ2) is 5.40. The molecule has 0 aliphatic carbocycles. The van der Waals surface area contributed by atoms with Gasteiger partial charge < -0.3 is 0 Å². The van der Waals surface area contributed by atoms with Crippen molar-refractivity contribution in [2.45, 2.75) is 12.5 Å². The Morgan fingerprint density at radius 3 is 2.70 bits per heavy atom. The first kappa shape index (κ1) is 12.8. The molecule has 102 valence electrons. The number of nitrogens with zero attached hydrogens (tertiary/aromatic N) is 3. The quantitative estimate of drug-likeness (QED) is 0.558. The molecule has 0 aliphatic rings. The number of aryl methyl sites for hydroxylation is 1. The van der Waals surface area contributed by atoms with E-state index in [2.05, 4.69) is 46.1 Å². The van der Waals surface area contributed by atoms with E-state index < -0.39 is 0 Å². The number of rotatable bonds is 4. The van der Waals surface area contributed by atoms with Gasteiger partial charge in [0.25, 0.3) is 0 Å². The highest BCUT2D eigenvalue weighted by atomic mass is 15.4. The zero-order valence-electron chi connectivity index (χ0n) is 11.3. The third-order valence-corrected chi connectivity index (χ3v) is 3.44. The molecule has 5 heteroatoms. The van der Waals surface area contributed by atoms with Crippen LogP contribution in [0.3, 0.4) is 0 Å². The average molecular weight is 267 g/mol. The molecule has 1 aromatic heterocycles. The molecule has 1 atom stereocenters. The van der Waals surface area contributed by atoms with Gasteiger partial charge in [-0.25, -0.2) is 0 Å². The van der Waals surface area contributed by atoms with Crippen LogP contribution < -0.4 is 11.3 Å². The van der Waals surface area contributed by atoms with Gasteiger partial charge in [0, 0.05) is 19.7 Å². The minimum Gasteiger partial charge on any atom is -0.271 e. The lowest BCUT2D eigenvalue weighted by atomic mass is 9.99. The normalized spacial score (nSPS) is 12.7. The van der Waals surface area contributed by atoms with Gasteiger partial charge in [-0.2, -0.15) is 0 Å². The fraction of sp³-hybridized carbons (Fsp3) is 0.200.